The van der Waals surface area contributed by atoms with Gasteiger partial charge in [-0.1, -0.05) is 38.3 Å². The van der Waals surface area contributed by atoms with Crippen molar-refractivity contribution in [2.75, 3.05) is 7.11 Å². The lowest BCUT2D eigenvalue weighted by atomic mass is 9.63. The molecule has 1 nitrogen and oxygen atoms in total. The van der Waals surface area contributed by atoms with Gasteiger partial charge in [0.05, 0.1) is 7.11 Å². The SMILES string of the molecule is CCCC1CCC2CC(c3ccc4cc(OC)c(F)cc4c3F)CCC2C1. The van der Waals surface area contributed by atoms with E-state index in [1.165, 1.54) is 51.7 Å². The molecule has 2 aliphatic rings. The van der Waals surface area contributed by atoms with Crippen LogP contribution in [0.5, 0.6) is 5.75 Å². The molecule has 146 valence electrons. The van der Waals surface area contributed by atoms with Gasteiger partial charge in [-0.15, -0.1) is 0 Å². The summed E-state index contributed by atoms with van der Waals surface area (Å²) >= 11 is 0. The Morgan fingerprint density at radius 3 is 2.56 bits per heavy atom. The first-order valence-corrected chi connectivity index (χ1v) is 10.6. The molecule has 4 atom stereocenters. The van der Waals surface area contributed by atoms with Gasteiger partial charge in [0.2, 0.25) is 0 Å². The van der Waals surface area contributed by atoms with Crippen LogP contribution in [-0.4, -0.2) is 7.11 Å². The molecule has 0 bridgehead atoms. The largest absolute Gasteiger partial charge is 0.494 e. The van der Waals surface area contributed by atoms with Crippen LogP contribution in [-0.2, 0) is 0 Å². The zero-order valence-corrected chi connectivity index (χ0v) is 16.4. The van der Waals surface area contributed by atoms with Gasteiger partial charge < -0.3 is 4.74 Å². The fourth-order valence-corrected chi connectivity index (χ4v) is 5.72. The van der Waals surface area contributed by atoms with Crippen LogP contribution in [0.1, 0.15) is 69.8 Å². The Hall–Kier alpha value is -1.64. The first-order valence-electron chi connectivity index (χ1n) is 10.6. The fourth-order valence-electron chi connectivity index (χ4n) is 5.72. The van der Waals surface area contributed by atoms with Crippen LogP contribution in [0.3, 0.4) is 0 Å². The number of ether oxygens (including phenoxy) is 1. The minimum Gasteiger partial charge on any atom is -0.494 e. The van der Waals surface area contributed by atoms with E-state index in [0.717, 1.165) is 36.2 Å². The highest BCUT2D eigenvalue weighted by molar-refractivity contribution is 5.85. The van der Waals surface area contributed by atoms with Crippen molar-refractivity contribution in [1.82, 2.24) is 0 Å². The number of benzene rings is 2. The Morgan fingerprint density at radius 1 is 1.00 bits per heavy atom. The minimum atomic E-state index is -0.501. The van der Waals surface area contributed by atoms with E-state index in [-0.39, 0.29) is 17.5 Å². The maximum absolute atomic E-state index is 15.2. The molecular weight excluding hydrogens is 342 g/mol. The molecule has 27 heavy (non-hydrogen) atoms. The molecule has 4 unspecified atom stereocenters. The van der Waals surface area contributed by atoms with Crippen LogP contribution in [0.4, 0.5) is 8.78 Å². The topological polar surface area (TPSA) is 9.23 Å². The maximum Gasteiger partial charge on any atom is 0.165 e. The van der Waals surface area contributed by atoms with E-state index < -0.39 is 5.82 Å². The third-order valence-corrected chi connectivity index (χ3v) is 7.11. The molecule has 0 saturated heterocycles. The molecule has 0 N–H and O–H groups in total. The van der Waals surface area contributed by atoms with Gasteiger partial charge in [0.15, 0.2) is 11.6 Å². The summed E-state index contributed by atoms with van der Waals surface area (Å²) in [5, 5.41) is 1.07. The Morgan fingerprint density at radius 2 is 1.78 bits per heavy atom. The summed E-state index contributed by atoms with van der Waals surface area (Å²) in [6.07, 6.45) is 10.0. The van der Waals surface area contributed by atoms with Crippen LogP contribution in [0, 0.1) is 29.4 Å². The summed E-state index contributed by atoms with van der Waals surface area (Å²) in [5.41, 5.74) is 0.779. The van der Waals surface area contributed by atoms with Crippen molar-refractivity contribution in [1.29, 1.82) is 0 Å². The molecule has 0 aromatic heterocycles. The molecule has 2 aromatic rings. The first kappa shape index (κ1) is 18.7. The number of methoxy groups -OCH3 is 1. The number of rotatable bonds is 4. The molecule has 2 fully saturated rings. The molecule has 0 aliphatic heterocycles. The number of hydrogen-bond acceptors (Lipinski definition) is 1. The minimum absolute atomic E-state index is 0.166. The molecule has 3 heteroatoms. The van der Waals surface area contributed by atoms with Gasteiger partial charge in [-0.05, 0) is 78.9 Å². The molecule has 2 aliphatic carbocycles. The predicted molar refractivity (Wildman–Crippen MR) is 106 cm³/mol. The normalized spacial score (nSPS) is 28.1. The third kappa shape index (κ3) is 3.58. The van der Waals surface area contributed by atoms with Gasteiger partial charge in [0, 0.05) is 5.39 Å². The van der Waals surface area contributed by atoms with Gasteiger partial charge in [-0.2, -0.15) is 0 Å². The molecule has 4 rings (SSSR count). The average molecular weight is 372 g/mol. The smallest absolute Gasteiger partial charge is 0.165 e. The summed E-state index contributed by atoms with van der Waals surface area (Å²) in [7, 11) is 1.43. The monoisotopic (exact) mass is 372 g/mol. The van der Waals surface area contributed by atoms with Crippen LogP contribution >= 0.6 is 0 Å². The third-order valence-electron chi connectivity index (χ3n) is 7.11. The van der Waals surface area contributed by atoms with E-state index in [0.29, 0.717) is 10.8 Å². The maximum atomic E-state index is 15.2. The van der Waals surface area contributed by atoms with E-state index in [9.17, 15) is 4.39 Å². The van der Waals surface area contributed by atoms with Gasteiger partial charge in [0.25, 0.3) is 0 Å². The highest BCUT2D eigenvalue weighted by Gasteiger charge is 2.36. The van der Waals surface area contributed by atoms with E-state index in [1.54, 1.807) is 6.07 Å². The second-order valence-corrected chi connectivity index (χ2v) is 8.67. The van der Waals surface area contributed by atoms with Crippen molar-refractivity contribution in [3.63, 3.8) is 0 Å². The van der Waals surface area contributed by atoms with Gasteiger partial charge in [-0.25, -0.2) is 8.78 Å². The van der Waals surface area contributed by atoms with Crippen molar-refractivity contribution < 1.29 is 13.5 Å². The Bertz CT molecular complexity index is 816. The van der Waals surface area contributed by atoms with Crippen LogP contribution in [0.15, 0.2) is 24.3 Å². The molecule has 2 saturated carbocycles. The molecule has 0 amide bonds. The van der Waals surface area contributed by atoms with Crippen molar-refractivity contribution in [2.24, 2.45) is 17.8 Å². The summed E-state index contributed by atoms with van der Waals surface area (Å²) in [6.45, 7) is 2.28. The van der Waals surface area contributed by atoms with Crippen molar-refractivity contribution in [2.45, 2.75) is 64.2 Å². The van der Waals surface area contributed by atoms with Crippen molar-refractivity contribution >= 4 is 10.8 Å². The Kier molecular flexibility index (Phi) is 5.39. The van der Waals surface area contributed by atoms with Crippen LogP contribution in [0.25, 0.3) is 10.8 Å². The fraction of sp³-hybridized carbons (Fsp3) is 0.583. The van der Waals surface area contributed by atoms with Crippen LogP contribution in [0.2, 0.25) is 0 Å². The first-order chi connectivity index (χ1) is 13.1. The van der Waals surface area contributed by atoms with E-state index >= 15 is 4.39 Å². The zero-order valence-electron chi connectivity index (χ0n) is 16.4. The second-order valence-electron chi connectivity index (χ2n) is 8.67. The number of hydrogen-bond donors (Lipinski definition) is 0. The lowest BCUT2D eigenvalue weighted by Gasteiger charge is -2.42. The number of halogens is 2. The predicted octanol–water partition coefficient (Wildman–Crippen LogP) is 7.23. The standard InChI is InChI=1S/C24H30F2O/c1-3-4-15-5-6-17-12-18(8-7-16(17)11-15)20-10-9-19-13-23(27-2)22(25)14-21(19)24(20)26/h9-10,13-18H,3-8,11-12H2,1-2H3. The quantitative estimate of drug-likeness (QED) is 0.550. The van der Waals surface area contributed by atoms with Gasteiger partial charge in [0.1, 0.15) is 5.82 Å². The molecule has 2 aromatic carbocycles. The van der Waals surface area contributed by atoms with E-state index in [1.807, 2.05) is 12.1 Å². The molecule has 0 radical (unpaired) electrons. The molecular formula is C24H30F2O. The summed E-state index contributed by atoms with van der Waals surface area (Å²) in [4.78, 5) is 0. The van der Waals surface area contributed by atoms with Gasteiger partial charge in [-0.3, -0.25) is 0 Å². The molecule has 0 spiro atoms. The highest BCUT2D eigenvalue weighted by atomic mass is 19.1. The Balaban J connectivity index is 1.56. The van der Waals surface area contributed by atoms with Crippen molar-refractivity contribution in [3.8, 4) is 5.75 Å². The Labute approximate surface area is 161 Å². The van der Waals surface area contributed by atoms with E-state index in [2.05, 4.69) is 6.92 Å². The lowest BCUT2D eigenvalue weighted by molar-refractivity contribution is 0.113. The summed E-state index contributed by atoms with van der Waals surface area (Å²) in [5.74, 6) is 2.17. The summed E-state index contributed by atoms with van der Waals surface area (Å²) < 4.78 is 34.4. The second kappa shape index (κ2) is 7.77. The average Bonchev–Trinajstić information content (AvgIpc) is 2.68. The summed E-state index contributed by atoms with van der Waals surface area (Å²) in [6, 6.07) is 6.71. The van der Waals surface area contributed by atoms with E-state index in [4.69, 9.17) is 4.74 Å². The molecule has 0 heterocycles. The van der Waals surface area contributed by atoms with Gasteiger partial charge >= 0.3 is 0 Å². The lowest BCUT2D eigenvalue weighted by Crippen LogP contribution is -2.30. The number of fused-ring (bicyclic) bond motifs is 2. The zero-order chi connectivity index (χ0) is 19.0. The highest BCUT2D eigenvalue weighted by Crippen LogP contribution is 2.49. The van der Waals surface area contributed by atoms with Crippen LogP contribution < -0.4 is 4.74 Å². The van der Waals surface area contributed by atoms with Crippen molar-refractivity contribution in [3.05, 3.63) is 41.5 Å².